The highest BCUT2D eigenvalue weighted by Gasteiger charge is 2.27. The molecule has 1 aliphatic rings. The third kappa shape index (κ3) is 3.93. The van der Waals surface area contributed by atoms with Crippen LogP contribution >= 0.6 is 11.6 Å². The van der Waals surface area contributed by atoms with Gasteiger partial charge in [-0.25, -0.2) is 14.6 Å². The summed E-state index contributed by atoms with van der Waals surface area (Å²) in [6, 6.07) is 15.4. The number of aromatic nitrogens is 4. The molecule has 2 aromatic heterocycles. The van der Waals surface area contributed by atoms with E-state index in [2.05, 4.69) is 36.1 Å². The number of aryl methyl sites for hydroxylation is 3. The Labute approximate surface area is 197 Å². The highest BCUT2D eigenvalue weighted by atomic mass is 35.5. The summed E-state index contributed by atoms with van der Waals surface area (Å²) in [7, 11) is 0. The number of rotatable bonds is 3. The summed E-state index contributed by atoms with van der Waals surface area (Å²) in [4.78, 5) is 26.5. The van der Waals surface area contributed by atoms with Crippen molar-refractivity contribution in [2.75, 3.05) is 31.1 Å². The van der Waals surface area contributed by atoms with Gasteiger partial charge >= 0.3 is 0 Å². The lowest BCUT2D eigenvalue weighted by atomic mass is 10.1. The molecule has 1 amide bonds. The van der Waals surface area contributed by atoms with Crippen LogP contribution in [0.1, 0.15) is 27.4 Å². The molecule has 1 saturated heterocycles. The molecule has 1 aliphatic heterocycles. The van der Waals surface area contributed by atoms with Crippen molar-refractivity contribution in [3.63, 3.8) is 0 Å². The normalized spacial score (nSPS) is 14.2. The van der Waals surface area contributed by atoms with E-state index >= 15 is 0 Å². The summed E-state index contributed by atoms with van der Waals surface area (Å²) in [5, 5.41) is 6.22. The average Bonchev–Trinajstić information content (AvgIpc) is 3.15. The lowest BCUT2D eigenvalue weighted by Crippen LogP contribution is -2.49. The Balaban J connectivity index is 1.45. The van der Waals surface area contributed by atoms with Gasteiger partial charge in [-0.05, 0) is 45.0 Å². The van der Waals surface area contributed by atoms with Crippen LogP contribution in [0.4, 0.5) is 5.82 Å². The number of amides is 1. The molecule has 7 nitrogen and oxygen atoms in total. The third-order valence-electron chi connectivity index (χ3n) is 6.04. The van der Waals surface area contributed by atoms with Crippen LogP contribution in [0.15, 0.2) is 48.5 Å². The molecular formula is C25H25ClN6O. The summed E-state index contributed by atoms with van der Waals surface area (Å²) in [5.41, 5.74) is 4.40. The number of nitrogens with zero attached hydrogens (tertiary/aromatic N) is 6. The Kier molecular flexibility index (Phi) is 5.50. The average molecular weight is 461 g/mol. The summed E-state index contributed by atoms with van der Waals surface area (Å²) in [6.45, 7) is 8.51. The zero-order valence-electron chi connectivity index (χ0n) is 18.9. The quantitative estimate of drug-likeness (QED) is 0.454. The van der Waals surface area contributed by atoms with E-state index < -0.39 is 0 Å². The van der Waals surface area contributed by atoms with Crippen LogP contribution in [0.5, 0.6) is 0 Å². The van der Waals surface area contributed by atoms with Gasteiger partial charge in [0.15, 0.2) is 5.65 Å². The number of carbonyl (C=O) groups excluding carboxylic acids is 1. The van der Waals surface area contributed by atoms with E-state index in [1.807, 2.05) is 35.6 Å². The number of carbonyl (C=O) groups is 1. The molecule has 4 aromatic rings. The first-order valence-corrected chi connectivity index (χ1v) is 11.4. The molecule has 3 heterocycles. The Morgan fingerprint density at radius 1 is 0.909 bits per heavy atom. The number of piperazine rings is 1. The highest BCUT2D eigenvalue weighted by Crippen LogP contribution is 2.30. The van der Waals surface area contributed by atoms with Crippen LogP contribution in [0, 0.1) is 20.8 Å². The molecule has 0 spiro atoms. The van der Waals surface area contributed by atoms with Crippen molar-refractivity contribution in [1.29, 1.82) is 0 Å². The summed E-state index contributed by atoms with van der Waals surface area (Å²) >= 11 is 6.24. The molecule has 0 radical (unpaired) electrons. The number of hydrogen-bond donors (Lipinski definition) is 0. The smallest absolute Gasteiger partial charge is 0.255 e. The monoisotopic (exact) mass is 460 g/mol. The van der Waals surface area contributed by atoms with Crippen molar-refractivity contribution >= 4 is 34.4 Å². The molecule has 0 saturated carbocycles. The topological polar surface area (TPSA) is 67.2 Å². The van der Waals surface area contributed by atoms with E-state index in [1.165, 1.54) is 5.56 Å². The highest BCUT2D eigenvalue weighted by molar-refractivity contribution is 6.33. The van der Waals surface area contributed by atoms with Crippen molar-refractivity contribution in [3.05, 3.63) is 76.2 Å². The Morgan fingerprint density at radius 2 is 1.61 bits per heavy atom. The number of halogens is 1. The Bertz CT molecular complexity index is 1340. The maximum absolute atomic E-state index is 13.0. The molecule has 0 aliphatic carbocycles. The zero-order chi connectivity index (χ0) is 23.1. The summed E-state index contributed by atoms with van der Waals surface area (Å²) < 4.78 is 1.89. The number of benzene rings is 2. The molecule has 2 aromatic carbocycles. The maximum Gasteiger partial charge on any atom is 0.255 e. The van der Waals surface area contributed by atoms with Gasteiger partial charge in [0.2, 0.25) is 0 Å². The molecule has 168 valence electrons. The van der Waals surface area contributed by atoms with Gasteiger partial charge in [-0.2, -0.15) is 5.10 Å². The van der Waals surface area contributed by atoms with Crippen LogP contribution in [0.25, 0.3) is 16.7 Å². The first kappa shape index (κ1) is 21.4. The predicted molar refractivity (Wildman–Crippen MR) is 130 cm³/mol. The fraction of sp³-hybridized carbons (Fsp3) is 0.280. The lowest BCUT2D eigenvalue weighted by Gasteiger charge is -2.36. The predicted octanol–water partition coefficient (Wildman–Crippen LogP) is 4.36. The van der Waals surface area contributed by atoms with E-state index in [1.54, 1.807) is 12.1 Å². The third-order valence-corrected chi connectivity index (χ3v) is 6.37. The number of hydrogen-bond acceptors (Lipinski definition) is 5. The van der Waals surface area contributed by atoms with Crippen LogP contribution in [-0.4, -0.2) is 56.7 Å². The Morgan fingerprint density at radius 3 is 2.30 bits per heavy atom. The summed E-state index contributed by atoms with van der Waals surface area (Å²) in [6.07, 6.45) is 0. The second-order valence-corrected chi connectivity index (χ2v) is 8.79. The van der Waals surface area contributed by atoms with E-state index in [0.29, 0.717) is 42.6 Å². The fourth-order valence-corrected chi connectivity index (χ4v) is 4.51. The van der Waals surface area contributed by atoms with Crippen molar-refractivity contribution in [2.24, 2.45) is 0 Å². The van der Waals surface area contributed by atoms with E-state index in [4.69, 9.17) is 26.7 Å². The zero-order valence-corrected chi connectivity index (χ0v) is 19.7. The van der Waals surface area contributed by atoms with Gasteiger partial charge in [0.05, 0.1) is 27.4 Å². The van der Waals surface area contributed by atoms with Crippen molar-refractivity contribution in [3.8, 4) is 5.69 Å². The van der Waals surface area contributed by atoms with E-state index in [9.17, 15) is 4.79 Å². The van der Waals surface area contributed by atoms with E-state index in [0.717, 1.165) is 28.2 Å². The van der Waals surface area contributed by atoms with Crippen molar-refractivity contribution in [2.45, 2.75) is 20.8 Å². The minimum absolute atomic E-state index is 0.0346. The van der Waals surface area contributed by atoms with Gasteiger partial charge in [0.1, 0.15) is 11.6 Å². The lowest BCUT2D eigenvalue weighted by molar-refractivity contribution is 0.0747. The first-order chi connectivity index (χ1) is 15.9. The molecule has 0 atom stereocenters. The molecule has 0 unspecified atom stereocenters. The van der Waals surface area contributed by atoms with Crippen LogP contribution in [0.3, 0.4) is 0 Å². The van der Waals surface area contributed by atoms with E-state index in [-0.39, 0.29) is 5.91 Å². The van der Waals surface area contributed by atoms with Gasteiger partial charge in [0.25, 0.3) is 5.91 Å². The molecule has 8 heteroatoms. The first-order valence-electron chi connectivity index (χ1n) is 11.0. The molecule has 1 fully saturated rings. The minimum Gasteiger partial charge on any atom is -0.352 e. The van der Waals surface area contributed by atoms with Crippen molar-refractivity contribution in [1.82, 2.24) is 24.6 Å². The second kappa shape index (κ2) is 8.48. The van der Waals surface area contributed by atoms with Gasteiger partial charge in [-0.15, -0.1) is 0 Å². The maximum atomic E-state index is 13.0. The van der Waals surface area contributed by atoms with Gasteiger partial charge in [-0.1, -0.05) is 41.4 Å². The number of fused-ring (bicyclic) bond motifs is 1. The second-order valence-electron chi connectivity index (χ2n) is 8.38. The largest absolute Gasteiger partial charge is 0.352 e. The molecule has 33 heavy (non-hydrogen) atoms. The summed E-state index contributed by atoms with van der Waals surface area (Å²) in [5.74, 6) is 1.53. The molecule has 5 rings (SSSR count). The number of anilines is 1. The van der Waals surface area contributed by atoms with Crippen LogP contribution < -0.4 is 4.90 Å². The van der Waals surface area contributed by atoms with Crippen molar-refractivity contribution < 1.29 is 4.79 Å². The van der Waals surface area contributed by atoms with Gasteiger partial charge < -0.3 is 9.80 Å². The van der Waals surface area contributed by atoms with Gasteiger partial charge in [0, 0.05) is 26.2 Å². The molecule has 0 N–H and O–H groups in total. The standard InChI is InChI=1S/C25H25ClN6O/c1-16-8-10-19(11-9-16)32-24-22(17(2)29-32)23(27-18(3)28-24)30-12-14-31(15-13-30)25(33)20-6-4-5-7-21(20)26/h4-11H,12-15H2,1-3H3. The Hall–Kier alpha value is -3.45. The van der Waals surface area contributed by atoms with Gasteiger partial charge in [-0.3, -0.25) is 4.79 Å². The minimum atomic E-state index is -0.0346. The molecular weight excluding hydrogens is 436 g/mol. The molecule has 0 bridgehead atoms. The van der Waals surface area contributed by atoms with Crippen LogP contribution in [-0.2, 0) is 0 Å². The SMILES string of the molecule is Cc1ccc(-n2nc(C)c3c(N4CCN(C(=O)c5ccccc5Cl)CC4)nc(C)nc32)cc1. The fourth-order valence-electron chi connectivity index (χ4n) is 4.29. The van der Waals surface area contributed by atoms with Crippen LogP contribution in [0.2, 0.25) is 5.02 Å².